The second-order valence-electron chi connectivity index (χ2n) is 7.05. The Kier molecular flexibility index (Phi) is 6.24. The van der Waals surface area contributed by atoms with Crippen LogP contribution in [-0.4, -0.2) is 29.9 Å². The van der Waals surface area contributed by atoms with E-state index >= 15 is 0 Å². The lowest BCUT2D eigenvalue weighted by Crippen LogP contribution is -2.48. The number of amides is 1. The molecule has 0 bridgehead atoms. The molecule has 3 nitrogen and oxygen atoms in total. The summed E-state index contributed by atoms with van der Waals surface area (Å²) in [7, 11) is 0. The molecule has 1 aliphatic heterocycles. The van der Waals surface area contributed by atoms with Crippen molar-refractivity contribution >= 4 is 5.91 Å². The van der Waals surface area contributed by atoms with E-state index in [1.54, 1.807) is 0 Å². The van der Waals surface area contributed by atoms with E-state index in [-0.39, 0.29) is 11.9 Å². The van der Waals surface area contributed by atoms with Gasteiger partial charge in [0, 0.05) is 6.54 Å². The highest BCUT2D eigenvalue weighted by atomic mass is 16.2. The predicted molar refractivity (Wildman–Crippen MR) is 102 cm³/mol. The number of hydrogen-bond donors (Lipinski definition) is 1. The van der Waals surface area contributed by atoms with E-state index in [0.717, 1.165) is 31.0 Å². The molecule has 0 radical (unpaired) electrons. The van der Waals surface area contributed by atoms with Gasteiger partial charge in [-0.3, -0.25) is 9.69 Å². The van der Waals surface area contributed by atoms with Crippen molar-refractivity contribution in [3.63, 3.8) is 0 Å². The van der Waals surface area contributed by atoms with Crippen LogP contribution in [0, 0.1) is 5.92 Å². The Morgan fingerprint density at radius 2 is 1.56 bits per heavy atom. The molecular weight excluding hydrogens is 308 g/mol. The van der Waals surface area contributed by atoms with Gasteiger partial charge in [-0.15, -0.1) is 0 Å². The highest BCUT2D eigenvalue weighted by molar-refractivity contribution is 5.81. The SMILES string of the molecule is CC(C(=O)NCc1ccccc1)N1CCC(Cc2ccccc2)CC1. The van der Waals surface area contributed by atoms with Crippen molar-refractivity contribution < 1.29 is 4.79 Å². The summed E-state index contributed by atoms with van der Waals surface area (Å²) in [6.45, 7) is 4.65. The van der Waals surface area contributed by atoms with Gasteiger partial charge in [0.05, 0.1) is 6.04 Å². The molecule has 2 aromatic rings. The fourth-order valence-electron chi connectivity index (χ4n) is 3.59. The van der Waals surface area contributed by atoms with Crippen molar-refractivity contribution in [2.75, 3.05) is 13.1 Å². The van der Waals surface area contributed by atoms with Crippen LogP contribution in [0.15, 0.2) is 60.7 Å². The van der Waals surface area contributed by atoms with Gasteiger partial charge in [0.1, 0.15) is 0 Å². The first-order valence-corrected chi connectivity index (χ1v) is 9.32. The average molecular weight is 336 g/mol. The minimum atomic E-state index is -0.0543. The van der Waals surface area contributed by atoms with Gasteiger partial charge in [-0.1, -0.05) is 60.7 Å². The first-order chi connectivity index (χ1) is 12.2. The molecule has 1 heterocycles. The number of carbonyl (C=O) groups excluding carboxylic acids is 1. The molecule has 0 saturated carbocycles. The molecule has 3 heteroatoms. The van der Waals surface area contributed by atoms with Crippen molar-refractivity contribution in [1.29, 1.82) is 0 Å². The summed E-state index contributed by atoms with van der Waals surface area (Å²) >= 11 is 0. The second-order valence-corrected chi connectivity index (χ2v) is 7.05. The fourth-order valence-corrected chi connectivity index (χ4v) is 3.59. The number of rotatable bonds is 6. The maximum Gasteiger partial charge on any atom is 0.237 e. The van der Waals surface area contributed by atoms with E-state index < -0.39 is 0 Å². The summed E-state index contributed by atoms with van der Waals surface area (Å²) in [4.78, 5) is 14.8. The van der Waals surface area contributed by atoms with E-state index in [4.69, 9.17) is 0 Å². The molecule has 1 amide bonds. The molecule has 0 aromatic heterocycles. The molecule has 132 valence electrons. The smallest absolute Gasteiger partial charge is 0.237 e. The van der Waals surface area contributed by atoms with Crippen LogP contribution in [0.4, 0.5) is 0 Å². The molecule has 1 atom stereocenters. The van der Waals surface area contributed by atoms with Gasteiger partial charge in [0.2, 0.25) is 5.91 Å². The first kappa shape index (κ1) is 17.7. The summed E-state index contributed by atoms with van der Waals surface area (Å²) in [6.07, 6.45) is 3.50. The normalized spacial score (nSPS) is 17.2. The second kappa shape index (κ2) is 8.82. The molecule has 1 fully saturated rings. The Morgan fingerprint density at radius 3 is 2.16 bits per heavy atom. The van der Waals surface area contributed by atoms with Gasteiger partial charge in [0.15, 0.2) is 0 Å². The number of nitrogens with zero attached hydrogens (tertiary/aromatic N) is 1. The number of likely N-dealkylation sites (tertiary alicyclic amines) is 1. The molecule has 25 heavy (non-hydrogen) atoms. The number of benzene rings is 2. The monoisotopic (exact) mass is 336 g/mol. The average Bonchev–Trinajstić information content (AvgIpc) is 2.68. The van der Waals surface area contributed by atoms with Crippen LogP contribution in [0.5, 0.6) is 0 Å². The molecule has 2 aromatic carbocycles. The summed E-state index contributed by atoms with van der Waals surface area (Å²) in [6, 6.07) is 20.8. The molecule has 1 N–H and O–H groups in total. The minimum Gasteiger partial charge on any atom is -0.351 e. The zero-order valence-corrected chi connectivity index (χ0v) is 15.0. The predicted octanol–water partition coefficient (Wildman–Crippen LogP) is 3.65. The van der Waals surface area contributed by atoms with Crippen LogP contribution in [-0.2, 0) is 17.8 Å². The van der Waals surface area contributed by atoms with Gasteiger partial charge < -0.3 is 5.32 Å². The third-order valence-electron chi connectivity index (χ3n) is 5.25. The summed E-state index contributed by atoms with van der Waals surface area (Å²) in [5.74, 6) is 0.864. The highest BCUT2D eigenvalue weighted by Crippen LogP contribution is 2.23. The molecule has 1 unspecified atom stereocenters. The van der Waals surface area contributed by atoms with E-state index in [1.165, 1.54) is 18.4 Å². The lowest BCUT2D eigenvalue weighted by atomic mass is 9.89. The molecule has 0 aliphatic carbocycles. The topological polar surface area (TPSA) is 32.3 Å². The maximum atomic E-state index is 12.4. The Balaban J connectivity index is 1.43. The Labute approximate surface area is 151 Å². The Hall–Kier alpha value is -2.13. The van der Waals surface area contributed by atoms with E-state index in [2.05, 4.69) is 40.5 Å². The molecule has 0 spiro atoms. The van der Waals surface area contributed by atoms with Crippen molar-refractivity contribution in [3.8, 4) is 0 Å². The number of hydrogen-bond acceptors (Lipinski definition) is 2. The van der Waals surface area contributed by atoms with Gasteiger partial charge in [-0.2, -0.15) is 0 Å². The van der Waals surface area contributed by atoms with Crippen LogP contribution in [0.3, 0.4) is 0 Å². The molecule has 1 aliphatic rings. The third-order valence-corrected chi connectivity index (χ3v) is 5.25. The lowest BCUT2D eigenvalue weighted by molar-refractivity contribution is -0.126. The lowest BCUT2D eigenvalue weighted by Gasteiger charge is -2.35. The Morgan fingerprint density at radius 1 is 1.00 bits per heavy atom. The molecule has 1 saturated heterocycles. The van der Waals surface area contributed by atoms with Crippen LogP contribution < -0.4 is 5.32 Å². The summed E-state index contributed by atoms with van der Waals surface area (Å²) in [5, 5.41) is 3.07. The van der Waals surface area contributed by atoms with E-state index in [1.807, 2.05) is 37.3 Å². The van der Waals surface area contributed by atoms with Crippen LogP contribution in [0.25, 0.3) is 0 Å². The summed E-state index contributed by atoms with van der Waals surface area (Å²) < 4.78 is 0. The van der Waals surface area contributed by atoms with Crippen LogP contribution in [0.1, 0.15) is 30.9 Å². The van der Waals surface area contributed by atoms with Crippen LogP contribution >= 0.6 is 0 Å². The quantitative estimate of drug-likeness (QED) is 0.873. The zero-order valence-electron chi connectivity index (χ0n) is 15.0. The number of carbonyl (C=O) groups is 1. The van der Waals surface area contributed by atoms with Gasteiger partial charge in [-0.05, 0) is 56.3 Å². The third kappa shape index (κ3) is 5.17. The van der Waals surface area contributed by atoms with Crippen LogP contribution in [0.2, 0.25) is 0 Å². The highest BCUT2D eigenvalue weighted by Gasteiger charge is 2.26. The van der Waals surface area contributed by atoms with E-state index in [9.17, 15) is 4.79 Å². The van der Waals surface area contributed by atoms with Gasteiger partial charge in [0.25, 0.3) is 0 Å². The largest absolute Gasteiger partial charge is 0.351 e. The van der Waals surface area contributed by atoms with Crippen molar-refractivity contribution in [2.24, 2.45) is 5.92 Å². The maximum absolute atomic E-state index is 12.4. The number of nitrogens with one attached hydrogen (secondary N) is 1. The molecule has 3 rings (SSSR count). The van der Waals surface area contributed by atoms with Crippen molar-refractivity contribution in [3.05, 3.63) is 71.8 Å². The number of piperidine rings is 1. The standard InChI is InChI=1S/C22H28N2O/c1-18(22(25)23-17-21-10-6-3-7-11-21)24-14-12-20(13-15-24)16-19-8-4-2-5-9-19/h2-11,18,20H,12-17H2,1H3,(H,23,25). The van der Waals surface area contributed by atoms with Gasteiger partial charge in [-0.25, -0.2) is 0 Å². The zero-order chi connectivity index (χ0) is 17.5. The van der Waals surface area contributed by atoms with Crippen molar-refractivity contribution in [2.45, 2.75) is 38.8 Å². The van der Waals surface area contributed by atoms with E-state index in [0.29, 0.717) is 6.54 Å². The first-order valence-electron chi connectivity index (χ1n) is 9.32. The fraction of sp³-hybridized carbons (Fsp3) is 0.409. The minimum absolute atomic E-state index is 0.0543. The van der Waals surface area contributed by atoms with Gasteiger partial charge >= 0.3 is 0 Å². The Bertz CT molecular complexity index is 648. The summed E-state index contributed by atoms with van der Waals surface area (Å²) in [5.41, 5.74) is 2.57. The molecular formula is C22H28N2O. The van der Waals surface area contributed by atoms with Crippen molar-refractivity contribution in [1.82, 2.24) is 10.2 Å².